The number of nitrogens with zero attached hydrogens (tertiary/aromatic N) is 4. The molecular formula is C25H37ClN6O2S. The maximum absolute atomic E-state index is 10.1. The predicted octanol–water partition coefficient (Wildman–Crippen LogP) is 4.41. The number of aryl methyl sites for hydroxylation is 1. The number of piperidine rings is 1. The highest BCUT2D eigenvalue weighted by atomic mass is 35.5. The van der Waals surface area contributed by atoms with E-state index < -0.39 is 0 Å². The molecular weight excluding hydrogens is 484 g/mol. The van der Waals surface area contributed by atoms with E-state index in [4.69, 9.17) is 32.0 Å². The smallest absolute Gasteiger partial charge is 0.153 e. The summed E-state index contributed by atoms with van der Waals surface area (Å²) in [7, 11) is 0. The maximum Gasteiger partial charge on any atom is 0.153 e. The lowest BCUT2D eigenvalue weighted by Crippen LogP contribution is -2.51. The summed E-state index contributed by atoms with van der Waals surface area (Å²) in [6.07, 6.45) is 7.30. The third kappa shape index (κ3) is 5.11. The van der Waals surface area contributed by atoms with Gasteiger partial charge in [-0.1, -0.05) is 30.8 Å². The van der Waals surface area contributed by atoms with Crippen molar-refractivity contribution >= 4 is 35.0 Å². The molecule has 2 aromatic heterocycles. The number of anilines is 2. The van der Waals surface area contributed by atoms with E-state index in [0.29, 0.717) is 22.6 Å². The highest BCUT2D eigenvalue weighted by Gasteiger charge is 2.47. The Kier molecular flexibility index (Phi) is 8.12. The van der Waals surface area contributed by atoms with E-state index in [1.807, 2.05) is 13.0 Å². The van der Waals surface area contributed by atoms with Crippen molar-refractivity contribution in [1.29, 1.82) is 0 Å². The zero-order valence-electron chi connectivity index (χ0n) is 19.8. The lowest BCUT2D eigenvalue weighted by atomic mass is 9.73. The first-order valence-electron chi connectivity index (χ1n) is 12.1. The van der Waals surface area contributed by atoms with Gasteiger partial charge in [0.25, 0.3) is 0 Å². The minimum absolute atomic E-state index is 0. The molecule has 0 radical (unpaired) electrons. The van der Waals surface area contributed by atoms with Crippen molar-refractivity contribution in [2.45, 2.75) is 88.1 Å². The molecule has 1 spiro atoms. The van der Waals surface area contributed by atoms with Crippen LogP contribution in [0.4, 0.5) is 11.6 Å². The number of ether oxygens (including phenoxy) is 1. The third-order valence-corrected chi connectivity index (χ3v) is 9.27. The minimum Gasteiger partial charge on any atom is -0.390 e. The molecule has 3 aliphatic rings. The summed E-state index contributed by atoms with van der Waals surface area (Å²) in [6, 6.07) is 2.40. The van der Waals surface area contributed by atoms with Crippen LogP contribution in [0.3, 0.4) is 0 Å². The van der Waals surface area contributed by atoms with Crippen LogP contribution in [0.1, 0.15) is 57.8 Å². The summed E-state index contributed by atoms with van der Waals surface area (Å²) in [5.74, 6) is 1.47. The van der Waals surface area contributed by atoms with E-state index in [2.05, 4.69) is 22.1 Å². The van der Waals surface area contributed by atoms with Crippen LogP contribution >= 0.6 is 23.4 Å². The number of pyridine rings is 1. The molecule has 8 nitrogen and oxygen atoms in total. The van der Waals surface area contributed by atoms with Crippen LogP contribution in [-0.4, -0.2) is 57.9 Å². The number of halogens is 1. The Labute approximate surface area is 217 Å². The van der Waals surface area contributed by atoms with Crippen molar-refractivity contribution < 1.29 is 9.84 Å². The Morgan fingerprint density at radius 3 is 2.66 bits per heavy atom. The Hall–Kier alpha value is -1.65. The number of hydrogen-bond donors (Lipinski definition) is 3. The highest BCUT2D eigenvalue weighted by molar-refractivity contribution is 7.99. The van der Waals surface area contributed by atoms with E-state index in [1.54, 1.807) is 6.20 Å². The molecule has 3 fully saturated rings. The summed E-state index contributed by atoms with van der Waals surface area (Å²) in [4.78, 5) is 17.2. The third-order valence-electron chi connectivity index (χ3n) is 7.64. The normalized spacial score (nSPS) is 23.7. The largest absolute Gasteiger partial charge is 0.390 e. The van der Waals surface area contributed by atoms with Crippen LogP contribution in [0.2, 0.25) is 5.02 Å². The van der Waals surface area contributed by atoms with Gasteiger partial charge in [0, 0.05) is 41.7 Å². The lowest BCUT2D eigenvalue weighted by molar-refractivity contribution is 0.0973. The molecule has 5 rings (SSSR count). The van der Waals surface area contributed by atoms with Crippen molar-refractivity contribution in [3.63, 3.8) is 0 Å². The van der Waals surface area contributed by atoms with Crippen molar-refractivity contribution in [1.82, 2.24) is 15.0 Å². The first kappa shape index (κ1) is 26.4. The zero-order chi connectivity index (χ0) is 23.9. The van der Waals surface area contributed by atoms with E-state index in [0.717, 1.165) is 66.8 Å². The van der Waals surface area contributed by atoms with Gasteiger partial charge in [-0.15, -0.1) is 0 Å². The number of hydrogen-bond acceptors (Lipinski definition) is 9. The van der Waals surface area contributed by atoms with Crippen LogP contribution in [0.5, 0.6) is 0 Å². The van der Waals surface area contributed by atoms with Crippen LogP contribution < -0.4 is 16.0 Å². The van der Waals surface area contributed by atoms with Crippen LogP contribution in [0.15, 0.2) is 22.2 Å². The van der Waals surface area contributed by atoms with E-state index in [-0.39, 0.29) is 31.6 Å². The van der Waals surface area contributed by atoms with Gasteiger partial charge in [-0.2, -0.15) is 0 Å². The van der Waals surface area contributed by atoms with Crippen LogP contribution in [0.25, 0.3) is 0 Å². The average Bonchev–Trinajstić information content (AvgIpc) is 3.08. The van der Waals surface area contributed by atoms with Gasteiger partial charge in [0.1, 0.15) is 16.5 Å². The topological polar surface area (TPSA) is 109 Å². The maximum atomic E-state index is 10.1. The number of rotatable bonds is 6. The molecule has 2 aromatic rings. The molecule has 192 valence electrons. The molecule has 4 heterocycles. The Balaban J connectivity index is 0.00000289. The standard InChI is InChI=1S/C24H33ClN6O2S.CH4/c1-14-23(34-18-6-9-27-21(19(18)25)29-16-4-3-5-16)30-17(12-32)22(28-14)31-10-7-24(8-11-31)13-33-15(2)20(24)26;/h6,9,15-16,20,32H,3-5,7-8,10-13,26H2,1-2H3,(H,27,29);1H4/t15-,20+;/m0./s1. The fourth-order valence-corrected chi connectivity index (χ4v) is 6.23. The van der Waals surface area contributed by atoms with E-state index in [9.17, 15) is 5.11 Å². The number of nitrogens with two attached hydrogens (primary N) is 1. The van der Waals surface area contributed by atoms with E-state index in [1.165, 1.54) is 18.2 Å². The second-order valence-electron chi connectivity index (χ2n) is 9.78. The molecule has 1 saturated carbocycles. The minimum atomic E-state index is -0.171. The summed E-state index contributed by atoms with van der Waals surface area (Å²) < 4.78 is 5.85. The van der Waals surface area contributed by atoms with Crippen molar-refractivity contribution in [3.8, 4) is 0 Å². The number of aromatic nitrogens is 3. The molecule has 0 bridgehead atoms. The summed E-state index contributed by atoms with van der Waals surface area (Å²) in [5, 5.41) is 14.9. The monoisotopic (exact) mass is 520 g/mol. The van der Waals surface area contributed by atoms with Crippen molar-refractivity contribution in [2.24, 2.45) is 11.1 Å². The molecule has 2 atom stereocenters. The molecule has 0 amide bonds. The first-order valence-corrected chi connectivity index (χ1v) is 13.3. The Morgan fingerprint density at radius 1 is 1.31 bits per heavy atom. The molecule has 0 aromatic carbocycles. The van der Waals surface area contributed by atoms with Crippen LogP contribution in [-0.2, 0) is 11.3 Å². The summed E-state index contributed by atoms with van der Waals surface area (Å²) in [6.45, 7) is 6.21. The van der Waals surface area contributed by atoms with Gasteiger partial charge in [0.15, 0.2) is 5.82 Å². The molecule has 10 heteroatoms. The summed E-state index contributed by atoms with van der Waals surface area (Å²) >= 11 is 8.13. The fourth-order valence-electron chi connectivity index (χ4n) is 5.07. The second-order valence-corrected chi connectivity index (χ2v) is 11.2. The Morgan fingerprint density at radius 2 is 2.06 bits per heavy atom. The van der Waals surface area contributed by atoms with Gasteiger partial charge < -0.3 is 25.8 Å². The predicted molar refractivity (Wildman–Crippen MR) is 141 cm³/mol. The Bertz CT molecular complexity index is 1040. The van der Waals surface area contributed by atoms with Gasteiger partial charge in [-0.3, -0.25) is 0 Å². The van der Waals surface area contributed by atoms with E-state index >= 15 is 0 Å². The van der Waals surface area contributed by atoms with Crippen molar-refractivity contribution in [2.75, 3.05) is 29.9 Å². The summed E-state index contributed by atoms with van der Waals surface area (Å²) in [5.41, 5.74) is 7.91. The fraction of sp³-hybridized carbons (Fsp3) is 0.640. The zero-order valence-corrected chi connectivity index (χ0v) is 21.3. The number of aliphatic hydroxyl groups is 1. The van der Waals surface area contributed by atoms with Gasteiger partial charge in [0.05, 0.1) is 30.0 Å². The van der Waals surface area contributed by atoms with Gasteiger partial charge in [-0.05, 0) is 52.0 Å². The second kappa shape index (κ2) is 10.8. The number of nitrogens with one attached hydrogen (secondary N) is 1. The molecule has 4 N–H and O–H groups in total. The van der Waals surface area contributed by atoms with Crippen molar-refractivity contribution in [3.05, 3.63) is 28.7 Å². The molecule has 0 unspecified atom stereocenters. The van der Waals surface area contributed by atoms with Gasteiger partial charge in [0.2, 0.25) is 0 Å². The highest BCUT2D eigenvalue weighted by Crippen LogP contribution is 2.43. The average molecular weight is 521 g/mol. The number of aliphatic hydroxyl groups excluding tert-OH is 1. The molecule has 2 saturated heterocycles. The lowest BCUT2D eigenvalue weighted by Gasteiger charge is -2.42. The first-order chi connectivity index (χ1) is 16.4. The molecule has 1 aliphatic carbocycles. The molecule has 2 aliphatic heterocycles. The SMILES string of the molecule is C.Cc1nc(N2CCC3(CC2)CO[C@@H](C)[C@H]3N)c(CO)nc1Sc1ccnc(NC2CCC2)c1Cl. The molecule has 35 heavy (non-hydrogen) atoms. The van der Waals surface area contributed by atoms with Crippen LogP contribution in [0, 0.1) is 12.3 Å². The van der Waals surface area contributed by atoms with Gasteiger partial charge in [-0.25, -0.2) is 15.0 Å². The van der Waals surface area contributed by atoms with Gasteiger partial charge >= 0.3 is 0 Å². The quantitative estimate of drug-likeness (QED) is 0.510.